The number of ether oxygens (including phenoxy) is 1. The molecule has 6 N–H and O–H groups in total. The number of tetrazole rings is 1. The van der Waals surface area contributed by atoms with E-state index in [1.807, 2.05) is 0 Å². The van der Waals surface area contributed by atoms with Crippen molar-refractivity contribution in [3.8, 4) is 17.2 Å². The lowest BCUT2D eigenvalue weighted by Gasteiger charge is -2.49. The number of thioether (sulfide) groups is 2. The Morgan fingerprint density at radius 2 is 1.81 bits per heavy atom. The number of carboxylic acids is 2. The molecule has 3 amide bonds. The number of phenolic OH excluding ortho intramolecular Hbond substituents is 2. The smallest absolute Gasteiger partial charge is 0.352 e. The first kappa shape index (κ1) is 36.7. The third-order valence-corrected chi connectivity index (χ3v) is 10.8. The zero-order chi connectivity index (χ0) is 38.1. The fraction of sp³-hybridized carbons (Fsp3) is 0.281. The van der Waals surface area contributed by atoms with Crippen LogP contribution >= 0.6 is 23.5 Å². The minimum Gasteiger partial charge on any atom is -0.504 e. The van der Waals surface area contributed by atoms with Crippen molar-refractivity contribution < 1.29 is 49.1 Å². The molecule has 21 heteroatoms. The predicted molar refractivity (Wildman–Crippen MR) is 186 cm³/mol. The van der Waals surface area contributed by atoms with Crippen molar-refractivity contribution in [2.24, 2.45) is 7.05 Å². The van der Waals surface area contributed by atoms with Gasteiger partial charge in [0.2, 0.25) is 16.5 Å². The largest absolute Gasteiger partial charge is 0.504 e. The number of aromatic hydroxyl groups is 2. The van der Waals surface area contributed by atoms with Gasteiger partial charge in [-0.25, -0.2) is 14.3 Å². The molecule has 0 spiro atoms. The monoisotopic (exact) mass is 766 g/mol. The highest BCUT2D eigenvalue weighted by Crippen LogP contribution is 2.41. The Labute approximate surface area is 306 Å². The van der Waals surface area contributed by atoms with Crippen molar-refractivity contribution in [2.45, 2.75) is 36.1 Å². The number of β-lactam (4-membered cyclic amide) rings is 1. The lowest BCUT2D eigenvalue weighted by molar-refractivity contribution is -0.151. The van der Waals surface area contributed by atoms with E-state index in [1.54, 1.807) is 14.0 Å². The highest BCUT2D eigenvalue weighted by Gasteiger charge is 2.54. The summed E-state index contributed by atoms with van der Waals surface area (Å²) in [6.07, 6.45) is 1.25. The number of pyridine rings is 1. The number of carbonyl (C=O) groups excluding carboxylic acids is 3. The zero-order valence-corrected chi connectivity index (χ0v) is 29.4. The van der Waals surface area contributed by atoms with Gasteiger partial charge in [0.25, 0.3) is 11.8 Å². The van der Waals surface area contributed by atoms with Gasteiger partial charge in [-0.15, -0.1) is 16.9 Å². The summed E-state index contributed by atoms with van der Waals surface area (Å²) >= 11 is 2.43. The third kappa shape index (κ3) is 7.20. The van der Waals surface area contributed by atoms with Crippen molar-refractivity contribution in [3.05, 3.63) is 75.2 Å². The first-order chi connectivity index (χ1) is 25.3. The molecule has 1 fully saturated rings. The average Bonchev–Trinajstić information content (AvgIpc) is 3.55. The van der Waals surface area contributed by atoms with Crippen molar-refractivity contribution in [2.75, 3.05) is 18.1 Å². The molecule has 0 saturated carbocycles. The van der Waals surface area contributed by atoms with E-state index in [1.165, 1.54) is 69.3 Å². The Balaban J connectivity index is 1.27. The van der Waals surface area contributed by atoms with Crippen LogP contribution in [-0.4, -0.2) is 109 Å². The first-order valence-corrected chi connectivity index (χ1v) is 17.7. The summed E-state index contributed by atoms with van der Waals surface area (Å²) in [5, 5.41) is 55.0. The van der Waals surface area contributed by atoms with E-state index >= 15 is 0 Å². The number of hydrogen-bond acceptors (Lipinski definition) is 14. The van der Waals surface area contributed by atoms with Crippen LogP contribution in [0.3, 0.4) is 0 Å². The van der Waals surface area contributed by atoms with Gasteiger partial charge >= 0.3 is 11.9 Å². The van der Waals surface area contributed by atoms with Crippen molar-refractivity contribution in [3.63, 3.8) is 0 Å². The van der Waals surface area contributed by atoms with E-state index in [9.17, 15) is 44.1 Å². The van der Waals surface area contributed by atoms with Gasteiger partial charge in [0, 0.05) is 37.4 Å². The number of hydrogen-bond donors (Lipinski definition) is 6. The van der Waals surface area contributed by atoms with Crippen LogP contribution in [0.25, 0.3) is 10.9 Å². The summed E-state index contributed by atoms with van der Waals surface area (Å²) < 4.78 is 8.10. The third-order valence-electron chi connectivity index (χ3n) is 8.38. The van der Waals surface area contributed by atoms with Crippen LogP contribution in [0.4, 0.5) is 0 Å². The average molecular weight is 767 g/mol. The summed E-state index contributed by atoms with van der Waals surface area (Å²) in [5.41, 5.74) is -0.531. The Hall–Kier alpha value is -6.09. The maximum atomic E-state index is 14.0. The number of aryl methyl sites for hydroxylation is 2. The van der Waals surface area contributed by atoms with Crippen LogP contribution in [0.15, 0.2) is 63.8 Å². The number of carbonyl (C=O) groups is 5. The zero-order valence-electron chi connectivity index (χ0n) is 27.7. The Bertz CT molecular complexity index is 2260. The first-order valence-electron chi connectivity index (χ1n) is 15.7. The molecule has 2 aromatic heterocycles. The highest BCUT2D eigenvalue weighted by atomic mass is 32.2. The molecular formula is C32H30N8O11S2. The van der Waals surface area contributed by atoms with Gasteiger partial charge in [-0.05, 0) is 46.7 Å². The molecule has 1 saturated heterocycles. The molecule has 6 rings (SSSR count). The highest BCUT2D eigenvalue weighted by molar-refractivity contribution is 8.01. The van der Waals surface area contributed by atoms with Gasteiger partial charge in [0.1, 0.15) is 34.5 Å². The van der Waals surface area contributed by atoms with Gasteiger partial charge in [-0.3, -0.25) is 24.1 Å². The summed E-state index contributed by atoms with van der Waals surface area (Å²) in [4.78, 5) is 79.1. The van der Waals surface area contributed by atoms with Gasteiger partial charge in [-0.2, -0.15) is 0 Å². The molecule has 4 heterocycles. The number of fused-ring (bicyclic) bond motifs is 2. The molecule has 1 unspecified atom stereocenters. The topological polar surface area (TPSA) is 268 Å². The van der Waals surface area contributed by atoms with Crippen molar-refractivity contribution >= 4 is 64.1 Å². The lowest BCUT2D eigenvalue weighted by atomic mass is 10.0. The van der Waals surface area contributed by atoms with Crippen molar-refractivity contribution in [1.82, 2.24) is 40.3 Å². The molecule has 2 aromatic carbocycles. The molecule has 0 bridgehead atoms. The number of nitrogens with one attached hydrogen (secondary N) is 2. The number of amides is 3. The van der Waals surface area contributed by atoms with Crippen LogP contribution in [0, 0.1) is 0 Å². The minimum atomic E-state index is -1.52. The number of phenols is 2. The fourth-order valence-corrected chi connectivity index (χ4v) is 8.11. The molecule has 0 radical (unpaired) electrons. The van der Waals surface area contributed by atoms with E-state index in [4.69, 9.17) is 9.84 Å². The number of carboxylic acid groups (broad SMARTS) is 2. The van der Waals surface area contributed by atoms with Crippen LogP contribution < -0.4 is 20.8 Å². The standard InChI is InChI=1S/C32H30N8O11S2/c1-3-39-10-18(26(45)17-8-20(41)21(42)9-19(17)39)27(46)33-23(14-4-6-16(7-5-14)51-11-22(43)44)28(47)34-24-29(48)40-25(31(49)50)15(12-52-30(24)40)13-53-32-35-36-37-38(32)2/h4-10,23-24,30,41-42H,3,11-13H2,1-2H3,(H,33,46)(H,34,47)(H,43,44)(H,49,50)/t23?,24-,30+/m1/s1. The maximum absolute atomic E-state index is 14.0. The van der Waals surface area contributed by atoms with E-state index < -0.39 is 76.2 Å². The molecule has 3 atom stereocenters. The van der Waals surface area contributed by atoms with Crippen LogP contribution in [0.1, 0.15) is 28.9 Å². The number of benzene rings is 2. The molecule has 0 aliphatic carbocycles. The number of rotatable bonds is 13. The number of nitrogens with zero attached hydrogens (tertiary/aromatic N) is 6. The van der Waals surface area contributed by atoms with Crippen LogP contribution in [0.2, 0.25) is 0 Å². The number of aromatic nitrogens is 5. The predicted octanol–water partition coefficient (Wildman–Crippen LogP) is 0.422. The summed E-state index contributed by atoms with van der Waals surface area (Å²) in [6, 6.07) is 5.03. The van der Waals surface area contributed by atoms with Gasteiger partial charge in [-0.1, -0.05) is 23.9 Å². The quantitative estimate of drug-likeness (QED) is 0.0612. The lowest BCUT2D eigenvalue weighted by Crippen LogP contribution is -2.71. The Kier molecular flexibility index (Phi) is 10.3. The second-order valence-corrected chi connectivity index (χ2v) is 13.7. The summed E-state index contributed by atoms with van der Waals surface area (Å²) in [7, 11) is 1.63. The Morgan fingerprint density at radius 1 is 1.09 bits per heavy atom. The normalized spacial score (nSPS) is 17.2. The van der Waals surface area contributed by atoms with Crippen molar-refractivity contribution in [1.29, 1.82) is 0 Å². The Morgan fingerprint density at radius 3 is 2.45 bits per heavy atom. The van der Waals surface area contributed by atoms with E-state index in [0.717, 1.165) is 11.0 Å². The molecule has 2 aliphatic heterocycles. The van der Waals surface area contributed by atoms with E-state index in [2.05, 4.69) is 26.2 Å². The van der Waals surface area contributed by atoms with Gasteiger partial charge in [0.15, 0.2) is 18.1 Å². The van der Waals surface area contributed by atoms with Gasteiger partial charge in [0.05, 0.1) is 10.9 Å². The molecule has 19 nitrogen and oxygen atoms in total. The van der Waals surface area contributed by atoms with E-state index in [-0.39, 0.29) is 46.0 Å². The van der Waals surface area contributed by atoms with Crippen LogP contribution in [0.5, 0.6) is 17.2 Å². The maximum Gasteiger partial charge on any atom is 0.352 e. The molecule has 4 aromatic rings. The molecule has 2 aliphatic rings. The SMILES string of the molecule is CCn1cc(C(=O)NC(C(=O)N[C@@H]2C(=O)N3C(C(=O)O)=C(CSc4nnnn4C)CS[C@@H]23)c2ccc(OCC(=O)O)cc2)c(=O)c2cc(O)c(O)cc21. The molecule has 276 valence electrons. The molecular weight excluding hydrogens is 737 g/mol. The summed E-state index contributed by atoms with van der Waals surface area (Å²) in [5.74, 6) is -5.58. The fourth-order valence-electron chi connectivity index (χ4n) is 5.77. The minimum absolute atomic E-state index is 0.0708. The van der Waals surface area contributed by atoms with Crippen LogP contribution in [-0.2, 0) is 32.8 Å². The van der Waals surface area contributed by atoms with E-state index in [0.29, 0.717) is 10.7 Å². The second kappa shape index (κ2) is 14.9. The second-order valence-electron chi connectivity index (χ2n) is 11.7. The number of aliphatic carboxylic acids is 2. The summed E-state index contributed by atoms with van der Waals surface area (Å²) in [6.45, 7) is 1.35. The molecule has 53 heavy (non-hydrogen) atoms. The van der Waals surface area contributed by atoms with Gasteiger partial charge < -0.3 is 40.4 Å².